The van der Waals surface area contributed by atoms with Gasteiger partial charge in [0.2, 0.25) is 0 Å². The van der Waals surface area contributed by atoms with Gasteiger partial charge in [-0.25, -0.2) is 0 Å². The van der Waals surface area contributed by atoms with Crippen LogP contribution >= 0.6 is 11.8 Å². The number of hydrogen-bond acceptors (Lipinski definition) is 5. The van der Waals surface area contributed by atoms with Crippen molar-refractivity contribution in [3.63, 3.8) is 0 Å². The van der Waals surface area contributed by atoms with Crippen LogP contribution < -0.4 is 0 Å². The zero-order chi connectivity index (χ0) is 14.5. The highest BCUT2D eigenvalue weighted by Gasteiger charge is 2.14. The van der Waals surface area contributed by atoms with Crippen LogP contribution in [-0.2, 0) is 17.8 Å². The van der Waals surface area contributed by atoms with Crippen molar-refractivity contribution in [2.24, 2.45) is 0 Å². The summed E-state index contributed by atoms with van der Waals surface area (Å²) in [5.74, 6) is -0.0529. The Morgan fingerprint density at radius 3 is 2.90 bits per heavy atom. The summed E-state index contributed by atoms with van der Waals surface area (Å²) in [6.45, 7) is 4.56. The average molecular weight is 292 g/mol. The van der Waals surface area contributed by atoms with Crippen LogP contribution in [0.4, 0.5) is 0 Å². The lowest BCUT2D eigenvalue weighted by Crippen LogP contribution is -2.09. The summed E-state index contributed by atoms with van der Waals surface area (Å²) < 4.78 is 1.93. The SMILES string of the molecule is CCc1nnc(SCC(=O)O)n1Cc1ncccc1C. The lowest BCUT2D eigenvalue weighted by atomic mass is 10.2. The zero-order valence-corrected chi connectivity index (χ0v) is 12.2. The van der Waals surface area contributed by atoms with Gasteiger partial charge in [-0.05, 0) is 18.6 Å². The summed E-state index contributed by atoms with van der Waals surface area (Å²) in [6.07, 6.45) is 2.49. The van der Waals surface area contributed by atoms with Gasteiger partial charge in [0.15, 0.2) is 5.16 Å². The molecule has 7 heteroatoms. The summed E-state index contributed by atoms with van der Waals surface area (Å²) >= 11 is 1.18. The first-order valence-electron chi connectivity index (χ1n) is 6.29. The Morgan fingerprint density at radius 2 is 2.25 bits per heavy atom. The fourth-order valence-electron chi connectivity index (χ4n) is 1.81. The Bertz CT molecular complexity index is 612. The first-order valence-corrected chi connectivity index (χ1v) is 7.27. The number of aryl methyl sites for hydroxylation is 2. The summed E-state index contributed by atoms with van der Waals surface area (Å²) in [5, 5.41) is 17.6. The predicted molar refractivity (Wildman–Crippen MR) is 75.8 cm³/mol. The van der Waals surface area contributed by atoms with Crippen LogP contribution in [-0.4, -0.2) is 36.6 Å². The maximum absolute atomic E-state index is 10.7. The fourth-order valence-corrected chi connectivity index (χ4v) is 2.48. The largest absolute Gasteiger partial charge is 0.481 e. The van der Waals surface area contributed by atoms with Crippen molar-refractivity contribution in [2.75, 3.05) is 5.75 Å². The molecule has 2 rings (SSSR count). The van der Waals surface area contributed by atoms with Crippen LogP contribution in [0.5, 0.6) is 0 Å². The normalized spacial score (nSPS) is 10.7. The van der Waals surface area contributed by atoms with Gasteiger partial charge in [-0.2, -0.15) is 0 Å². The first-order chi connectivity index (χ1) is 9.61. The summed E-state index contributed by atoms with van der Waals surface area (Å²) in [6, 6.07) is 3.90. The van der Waals surface area contributed by atoms with Crippen molar-refractivity contribution < 1.29 is 9.90 Å². The van der Waals surface area contributed by atoms with Gasteiger partial charge < -0.3 is 5.11 Å². The second kappa shape index (κ2) is 6.51. The summed E-state index contributed by atoms with van der Waals surface area (Å²) in [4.78, 5) is 15.0. The maximum atomic E-state index is 10.7. The molecule has 6 nitrogen and oxygen atoms in total. The number of nitrogens with zero attached hydrogens (tertiary/aromatic N) is 4. The molecular weight excluding hydrogens is 276 g/mol. The van der Waals surface area contributed by atoms with E-state index in [0.717, 1.165) is 23.5 Å². The number of pyridine rings is 1. The summed E-state index contributed by atoms with van der Waals surface area (Å²) in [7, 11) is 0. The topological polar surface area (TPSA) is 80.9 Å². The quantitative estimate of drug-likeness (QED) is 0.817. The minimum Gasteiger partial charge on any atom is -0.481 e. The molecule has 0 aliphatic carbocycles. The molecule has 0 aliphatic heterocycles. The molecule has 20 heavy (non-hydrogen) atoms. The number of carboxylic acids is 1. The number of carboxylic acid groups (broad SMARTS) is 1. The van der Waals surface area contributed by atoms with Gasteiger partial charge in [-0.3, -0.25) is 14.3 Å². The molecule has 2 heterocycles. The molecule has 0 saturated heterocycles. The lowest BCUT2D eigenvalue weighted by molar-refractivity contribution is -0.133. The molecule has 0 saturated carbocycles. The van der Waals surface area contributed by atoms with E-state index in [4.69, 9.17) is 5.11 Å². The lowest BCUT2D eigenvalue weighted by Gasteiger charge is -2.10. The van der Waals surface area contributed by atoms with E-state index in [2.05, 4.69) is 15.2 Å². The number of thioether (sulfide) groups is 1. The zero-order valence-electron chi connectivity index (χ0n) is 11.4. The van der Waals surface area contributed by atoms with E-state index in [1.807, 2.05) is 30.5 Å². The Kier molecular flexibility index (Phi) is 4.73. The van der Waals surface area contributed by atoms with E-state index in [1.165, 1.54) is 11.8 Å². The number of aromatic nitrogens is 4. The molecule has 2 aromatic heterocycles. The van der Waals surface area contributed by atoms with Crippen molar-refractivity contribution in [3.8, 4) is 0 Å². The van der Waals surface area contributed by atoms with E-state index >= 15 is 0 Å². The second-order valence-corrected chi connectivity index (χ2v) is 5.23. The highest BCUT2D eigenvalue weighted by atomic mass is 32.2. The van der Waals surface area contributed by atoms with Gasteiger partial charge in [-0.15, -0.1) is 10.2 Å². The van der Waals surface area contributed by atoms with Crippen molar-refractivity contribution in [3.05, 3.63) is 35.4 Å². The van der Waals surface area contributed by atoms with E-state index < -0.39 is 5.97 Å². The molecule has 0 aromatic carbocycles. The third-order valence-electron chi connectivity index (χ3n) is 2.86. The van der Waals surface area contributed by atoms with Gasteiger partial charge in [0, 0.05) is 12.6 Å². The molecule has 0 unspecified atom stereocenters. The van der Waals surface area contributed by atoms with E-state index in [-0.39, 0.29) is 5.75 Å². The fraction of sp³-hybridized carbons (Fsp3) is 0.385. The molecule has 2 aromatic rings. The van der Waals surface area contributed by atoms with Crippen molar-refractivity contribution in [1.82, 2.24) is 19.7 Å². The van der Waals surface area contributed by atoms with Crippen molar-refractivity contribution >= 4 is 17.7 Å². The molecule has 0 amide bonds. The maximum Gasteiger partial charge on any atom is 0.313 e. The molecule has 0 aliphatic rings. The highest BCUT2D eigenvalue weighted by Crippen LogP contribution is 2.19. The van der Waals surface area contributed by atoms with Crippen LogP contribution in [0.3, 0.4) is 0 Å². The molecule has 1 N–H and O–H groups in total. The third-order valence-corrected chi connectivity index (χ3v) is 3.81. The van der Waals surface area contributed by atoms with E-state index in [9.17, 15) is 4.79 Å². The molecule has 0 fully saturated rings. The second-order valence-electron chi connectivity index (χ2n) is 4.29. The van der Waals surface area contributed by atoms with Gasteiger partial charge in [-0.1, -0.05) is 24.8 Å². The molecule has 0 spiro atoms. The first kappa shape index (κ1) is 14.5. The van der Waals surface area contributed by atoms with Gasteiger partial charge in [0.05, 0.1) is 18.0 Å². The summed E-state index contributed by atoms with van der Waals surface area (Å²) in [5.41, 5.74) is 2.04. The molecular formula is C13H16N4O2S. The minimum atomic E-state index is -0.864. The number of rotatable bonds is 6. The molecule has 0 radical (unpaired) electrons. The highest BCUT2D eigenvalue weighted by molar-refractivity contribution is 7.99. The van der Waals surface area contributed by atoms with Crippen molar-refractivity contribution in [1.29, 1.82) is 0 Å². The van der Waals surface area contributed by atoms with Crippen LogP contribution in [0.2, 0.25) is 0 Å². The number of hydrogen-bond donors (Lipinski definition) is 1. The number of aliphatic carboxylic acids is 1. The Hall–Kier alpha value is -1.89. The standard InChI is InChI=1S/C13H16N4O2S/c1-3-11-15-16-13(20-8-12(18)19)17(11)7-10-9(2)5-4-6-14-10/h4-6H,3,7-8H2,1-2H3,(H,18,19). The van der Waals surface area contributed by atoms with Crippen LogP contribution in [0.25, 0.3) is 0 Å². The monoisotopic (exact) mass is 292 g/mol. The average Bonchev–Trinajstić information content (AvgIpc) is 2.81. The molecule has 106 valence electrons. The minimum absolute atomic E-state index is 0.0248. The van der Waals surface area contributed by atoms with Gasteiger partial charge in [0.1, 0.15) is 5.82 Å². The molecule has 0 bridgehead atoms. The Balaban J connectivity index is 2.27. The number of carbonyl (C=O) groups is 1. The molecule has 0 atom stereocenters. The van der Waals surface area contributed by atoms with Crippen LogP contribution in [0, 0.1) is 6.92 Å². The third kappa shape index (κ3) is 3.36. The van der Waals surface area contributed by atoms with Gasteiger partial charge >= 0.3 is 5.97 Å². The van der Waals surface area contributed by atoms with E-state index in [0.29, 0.717) is 11.7 Å². The van der Waals surface area contributed by atoms with Crippen LogP contribution in [0.1, 0.15) is 24.0 Å². The van der Waals surface area contributed by atoms with E-state index in [1.54, 1.807) is 6.20 Å². The van der Waals surface area contributed by atoms with Crippen molar-refractivity contribution in [2.45, 2.75) is 32.0 Å². The smallest absolute Gasteiger partial charge is 0.313 e. The Morgan fingerprint density at radius 1 is 1.45 bits per heavy atom. The van der Waals surface area contributed by atoms with Crippen LogP contribution in [0.15, 0.2) is 23.5 Å². The Labute approximate surface area is 121 Å². The van der Waals surface area contributed by atoms with Gasteiger partial charge in [0.25, 0.3) is 0 Å². The predicted octanol–water partition coefficient (Wildman–Crippen LogP) is 1.77.